The van der Waals surface area contributed by atoms with E-state index in [2.05, 4.69) is 4.74 Å². The largest absolute Gasteiger partial charge is 0.467 e. The SMILES string of the molecule is COC(=O)[C@H](CCCCN)N(OCc1ccccc1)C(=O)O. The Morgan fingerprint density at radius 1 is 1.27 bits per heavy atom. The van der Waals surface area contributed by atoms with Gasteiger partial charge in [-0.25, -0.2) is 9.59 Å². The summed E-state index contributed by atoms with van der Waals surface area (Å²) in [4.78, 5) is 28.5. The highest BCUT2D eigenvalue weighted by molar-refractivity contribution is 5.80. The molecule has 0 saturated carbocycles. The molecule has 1 atom stereocenters. The number of nitrogens with zero attached hydrogens (tertiary/aromatic N) is 1. The molecule has 1 aromatic carbocycles. The zero-order valence-electron chi connectivity index (χ0n) is 12.6. The minimum atomic E-state index is -1.33. The fourth-order valence-corrected chi connectivity index (χ4v) is 1.95. The van der Waals surface area contributed by atoms with Gasteiger partial charge in [0.2, 0.25) is 0 Å². The van der Waals surface area contributed by atoms with E-state index in [0.717, 1.165) is 5.56 Å². The van der Waals surface area contributed by atoms with Crippen LogP contribution in [-0.4, -0.2) is 41.9 Å². The maximum atomic E-state index is 11.8. The number of hydrogen-bond donors (Lipinski definition) is 2. The Hall–Kier alpha value is -2.12. The summed E-state index contributed by atoms with van der Waals surface area (Å²) in [6, 6.07) is 8.11. The van der Waals surface area contributed by atoms with Crippen molar-refractivity contribution < 1.29 is 24.3 Å². The van der Waals surface area contributed by atoms with Crippen LogP contribution in [0.3, 0.4) is 0 Å². The third-order valence-corrected chi connectivity index (χ3v) is 3.09. The number of carboxylic acid groups (broad SMARTS) is 1. The Kier molecular flexibility index (Phi) is 7.95. The first kappa shape index (κ1) is 17.9. The average Bonchev–Trinajstić information content (AvgIpc) is 2.53. The van der Waals surface area contributed by atoms with Gasteiger partial charge in [0, 0.05) is 0 Å². The Bertz CT molecular complexity index is 466. The molecule has 0 aliphatic heterocycles. The summed E-state index contributed by atoms with van der Waals surface area (Å²) in [6.07, 6.45) is 0.262. The monoisotopic (exact) mass is 310 g/mol. The van der Waals surface area contributed by atoms with E-state index in [0.29, 0.717) is 30.9 Å². The Morgan fingerprint density at radius 3 is 2.50 bits per heavy atom. The second kappa shape index (κ2) is 9.75. The van der Waals surface area contributed by atoms with Crippen LogP contribution in [0.2, 0.25) is 0 Å². The number of benzene rings is 1. The van der Waals surface area contributed by atoms with Crippen molar-refractivity contribution >= 4 is 12.1 Å². The molecule has 1 rings (SSSR count). The third-order valence-electron chi connectivity index (χ3n) is 3.09. The zero-order chi connectivity index (χ0) is 16.4. The fraction of sp³-hybridized carbons (Fsp3) is 0.467. The number of esters is 1. The van der Waals surface area contributed by atoms with Gasteiger partial charge in [-0.05, 0) is 31.4 Å². The lowest BCUT2D eigenvalue weighted by Crippen LogP contribution is -2.45. The normalized spacial score (nSPS) is 11.7. The molecule has 0 bridgehead atoms. The topological polar surface area (TPSA) is 102 Å². The van der Waals surface area contributed by atoms with Crippen molar-refractivity contribution in [3.63, 3.8) is 0 Å². The molecule has 1 amide bonds. The summed E-state index contributed by atoms with van der Waals surface area (Å²) in [6.45, 7) is 0.531. The van der Waals surface area contributed by atoms with Gasteiger partial charge in [0.1, 0.15) is 6.61 Å². The molecule has 0 unspecified atom stereocenters. The number of hydroxylamine groups is 2. The van der Waals surface area contributed by atoms with E-state index in [1.54, 1.807) is 0 Å². The van der Waals surface area contributed by atoms with E-state index >= 15 is 0 Å². The predicted molar refractivity (Wildman–Crippen MR) is 79.8 cm³/mol. The summed E-state index contributed by atoms with van der Waals surface area (Å²) in [5.41, 5.74) is 6.22. The standard InChI is InChI=1S/C15H22N2O5/c1-21-14(18)13(9-5-6-10-16)17(15(19)20)22-11-12-7-3-2-4-8-12/h2-4,7-8,13H,5-6,9-11,16H2,1H3,(H,19,20)/t13-/m0/s1. The number of carbonyl (C=O) groups excluding carboxylic acids is 1. The molecule has 0 heterocycles. The number of ether oxygens (including phenoxy) is 1. The highest BCUT2D eigenvalue weighted by Crippen LogP contribution is 2.14. The van der Waals surface area contributed by atoms with Crippen LogP contribution in [0.15, 0.2) is 30.3 Å². The Morgan fingerprint density at radius 2 is 1.95 bits per heavy atom. The average molecular weight is 310 g/mol. The molecule has 0 saturated heterocycles. The van der Waals surface area contributed by atoms with E-state index < -0.39 is 18.1 Å². The van der Waals surface area contributed by atoms with Crippen molar-refractivity contribution in [2.75, 3.05) is 13.7 Å². The molecule has 0 aliphatic rings. The van der Waals surface area contributed by atoms with Gasteiger partial charge in [0.05, 0.1) is 7.11 Å². The number of rotatable bonds is 9. The number of unbranched alkanes of at least 4 members (excludes halogenated alkanes) is 1. The maximum absolute atomic E-state index is 11.8. The summed E-state index contributed by atoms with van der Waals surface area (Å²) in [7, 11) is 1.22. The van der Waals surface area contributed by atoms with Crippen LogP contribution in [0.1, 0.15) is 24.8 Å². The van der Waals surface area contributed by atoms with Gasteiger partial charge in [-0.2, -0.15) is 5.06 Å². The molecule has 3 N–H and O–H groups in total. The number of amides is 1. The van der Waals surface area contributed by atoms with Crippen LogP contribution >= 0.6 is 0 Å². The molecule has 0 radical (unpaired) electrons. The molecule has 7 heteroatoms. The lowest BCUT2D eigenvalue weighted by Gasteiger charge is -2.26. The Labute approximate surface area is 129 Å². The van der Waals surface area contributed by atoms with E-state index in [1.807, 2.05) is 30.3 Å². The number of carbonyl (C=O) groups is 2. The molecule has 122 valence electrons. The van der Waals surface area contributed by atoms with Crippen LogP contribution in [-0.2, 0) is 21.0 Å². The van der Waals surface area contributed by atoms with E-state index in [4.69, 9.17) is 10.6 Å². The molecule has 0 fully saturated rings. The quantitative estimate of drug-likeness (QED) is 0.409. The number of nitrogens with two attached hydrogens (primary N) is 1. The number of hydrogen-bond acceptors (Lipinski definition) is 5. The molecule has 7 nitrogen and oxygen atoms in total. The molecule has 1 aromatic rings. The maximum Gasteiger partial charge on any atom is 0.432 e. The van der Waals surface area contributed by atoms with E-state index in [-0.39, 0.29) is 6.61 Å². The third kappa shape index (κ3) is 5.71. The minimum Gasteiger partial charge on any atom is -0.467 e. The van der Waals surface area contributed by atoms with Crippen LogP contribution in [0.5, 0.6) is 0 Å². The van der Waals surface area contributed by atoms with Gasteiger partial charge in [-0.1, -0.05) is 30.3 Å². The van der Waals surface area contributed by atoms with Crippen molar-refractivity contribution in [3.05, 3.63) is 35.9 Å². The van der Waals surface area contributed by atoms with Crippen LogP contribution < -0.4 is 5.73 Å². The van der Waals surface area contributed by atoms with Crippen molar-refractivity contribution in [1.82, 2.24) is 5.06 Å². The smallest absolute Gasteiger partial charge is 0.432 e. The molecular formula is C15H22N2O5. The highest BCUT2D eigenvalue weighted by atomic mass is 16.7. The van der Waals surface area contributed by atoms with Gasteiger partial charge in [0.15, 0.2) is 6.04 Å². The first-order valence-corrected chi connectivity index (χ1v) is 7.07. The van der Waals surface area contributed by atoms with Crippen LogP contribution in [0.4, 0.5) is 4.79 Å². The zero-order valence-corrected chi connectivity index (χ0v) is 12.6. The fourth-order valence-electron chi connectivity index (χ4n) is 1.95. The molecular weight excluding hydrogens is 288 g/mol. The Balaban J connectivity index is 2.74. The second-order valence-electron chi connectivity index (χ2n) is 4.69. The van der Waals surface area contributed by atoms with Crippen molar-refractivity contribution in [2.24, 2.45) is 5.73 Å². The minimum absolute atomic E-state index is 0.0531. The highest BCUT2D eigenvalue weighted by Gasteiger charge is 2.31. The molecule has 0 aliphatic carbocycles. The molecule has 22 heavy (non-hydrogen) atoms. The van der Waals surface area contributed by atoms with E-state index in [1.165, 1.54) is 7.11 Å². The first-order chi connectivity index (χ1) is 10.6. The number of methoxy groups -OCH3 is 1. The summed E-state index contributed by atoms with van der Waals surface area (Å²) >= 11 is 0. The summed E-state index contributed by atoms with van der Waals surface area (Å²) in [5.74, 6) is -0.646. The lowest BCUT2D eigenvalue weighted by molar-refractivity contribution is -0.188. The second-order valence-corrected chi connectivity index (χ2v) is 4.69. The summed E-state index contributed by atoms with van der Waals surface area (Å²) in [5, 5.41) is 9.95. The van der Waals surface area contributed by atoms with Gasteiger partial charge in [-0.3, -0.25) is 4.84 Å². The van der Waals surface area contributed by atoms with E-state index in [9.17, 15) is 14.7 Å². The van der Waals surface area contributed by atoms with Gasteiger partial charge in [0.25, 0.3) is 0 Å². The van der Waals surface area contributed by atoms with Crippen molar-refractivity contribution in [2.45, 2.75) is 31.9 Å². The van der Waals surface area contributed by atoms with Gasteiger partial charge < -0.3 is 15.6 Å². The van der Waals surface area contributed by atoms with Crippen molar-refractivity contribution in [3.8, 4) is 0 Å². The van der Waals surface area contributed by atoms with Gasteiger partial charge in [-0.15, -0.1) is 0 Å². The van der Waals surface area contributed by atoms with Crippen molar-refractivity contribution in [1.29, 1.82) is 0 Å². The predicted octanol–water partition coefficient (Wildman–Crippen LogP) is 1.77. The van der Waals surface area contributed by atoms with Gasteiger partial charge >= 0.3 is 12.1 Å². The molecule has 0 aromatic heterocycles. The van der Waals surface area contributed by atoms with Crippen LogP contribution in [0.25, 0.3) is 0 Å². The van der Waals surface area contributed by atoms with Crippen LogP contribution in [0, 0.1) is 0 Å². The lowest BCUT2D eigenvalue weighted by atomic mass is 10.1. The molecule has 0 spiro atoms. The first-order valence-electron chi connectivity index (χ1n) is 7.07. The summed E-state index contributed by atoms with van der Waals surface area (Å²) < 4.78 is 4.67.